The lowest BCUT2D eigenvalue weighted by atomic mass is 10.2. The average Bonchev–Trinajstić information content (AvgIpc) is 3.00. The van der Waals surface area contributed by atoms with Gasteiger partial charge in [-0.1, -0.05) is 31.5 Å². The highest BCUT2D eigenvalue weighted by Crippen LogP contribution is 2.17. The number of hydrogen-bond acceptors (Lipinski definition) is 3. The van der Waals surface area contributed by atoms with Crippen LogP contribution in [0.3, 0.4) is 0 Å². The second-order valence-corrected chi connectivity index (χ2v) is 6.70. The van der Waals surface area contributed by atoms with Gasteiger partial charge < -0.3 is 10.6 Å². The number of aliphatic imine (C=N–C) groups is 1. The van der Waals surface area contributed by atoms with Crippen molar-refractivity contribution < 1.29 is 4.39 Å². The molecule has 0 aliphatic heterocycles. The summed E-state index contributed by atoms with van der Waals surface area (Å²) in [7, 11) is 1.70. The van der Waals surface area contributed by atoms with E-state index < -0.39 is 5.82 Å². The quantitative estimate of drug-likeness (QED) is 0.632. The number of thiazole rings is 1. The molecule has 0 saturated carbocycles. The first-order chi connectivity index (χ1) is 11.0. The summed E-state index contributed by atoms with van der Waals surface area (Å²) in [6.07, 6.45) is 0. The fourth-order valence-corrected chi connectivity index (χ4v) is 2.99. The molecule has 2 aromatic rings. The summed E-state index contributed by atoms with van der Waals surface area (Å²) in [5, 5.41) is 9.60. The summed E-state index contributed by atoms with van der Waals surface area (Å²) in [5.41, 5.74) is 1.99. The molecule has 2 rings (SSSR count). The van der Waals surface area contributed by atoms with Gasteiger partial charge in [-0.25, -0.2) is 9.37 Å². The molecule has 0 spiro atoms. The SMILES string of the molecule is CN=C(NCc1ccc(F)c(Cl)c1)NCc1nc(C(C)C)cs1. The maximum Gasteiger partial charge on any atom is 0.191 e. The van der Waals surface area contributed by atoms with Crippen molar-refractivity contribution in [3.63, 3.8) is 0 Å². The molecule has 0 saturated heterocycles. The van der Waals surface area contributed by atoms with Crippen molar-refractivity contribution in [3.8, 4) is 0 Å². The molecule has 0 radical (unpaired) electrons. The normalized spacial score (nSPS) is 11.8. The number of nitrogens with one attached hydrogen (secondary N) is 2. The van der Waals surface area contributed by atoms with Gasteiger partial charge in [0.2, 0.25) is 0 Å². The molecule has 4 nitrogen and oxygen atoms in total. The lowest BCUT2D eigenvalue weighted by molar-refractivity contribution is 0.627. The van der Waals surface area contributed by atoms with Crippen LogP contribution >= 0.6 is 22.9 Å². The molecule has 0 unspecified atom stereocenters. The molecular weight excluding hydrogens is 335 g/mol. The molecule has 1 aromatic heterocycles. The molecular formula is C16H20ClFN4S. The van der Waals surface area contributed by atoms with Crippen LogP contribution in [0.5, 0.6) is 0 Å². The number of nitrogens with zero attached hydrogens (tertiary/aromatic N) is 2. The Morgan fingerprint density at radius 3 is 2.70 bits per heavy atom. The average molecular weight is 355 g/mol. The van der Waals surface area contributed by atoms with E-state index in [9.17, 15) is 4.39 Å². The Morgan fingerprint density at radius 1 is 1.35 bits per heavy atom. The minimum absolute atomic E-state index is 0.122. The molecule has 0 aliphatic carbocycles. The number of rotatable bonds is 5. The lowest BCUT2D eigenvalue weighted by Crippen LogP contribution is -2.36. The highest BCUT2D eigenvalue weighted by molar-refractivity contribution is 7.09. The maximum absolute atomic E-state index is 13.1. The van der Waals surface area contributed by atoms with Gasteiger partial charge in [0, 0.05) is 19.0 Å². The Balaban J connectivity index is 1.86. The predicted molar refractivity (Wildman–Crippen MR) is 94.7 cm³/mol. The van der Waals surface area contributed by atoms with E-state index in [0.717, 1.165) is 16.3 Å². The van der Waals surface area contributed by atoms with E-state index in [0.29, 0.717) is 25.0 Å². The van der Waals surface area contributed by atoms with Gasteiger partial charge in [0.1, 0.15) is 10.8 Å². The van der Waals surface area contributed by atoms with E-state index >= 15 is 0 Å². The summed E-state index contributed by atoms with van der Waals surface area (Å²) >= 11 is 7.41. The topological polar surface area (TPSA) is 49.3 Å². The smallest absolute Gasteiger partial charge is 0.191 e. The second kappa shape index (κ2) is 8.26. The van der Waals surface area contributed by atoms with E-state index in [1.54, 1.807) is 30.5 Å². The van der Waals surface area contributed by atoms with Gasteiger partial charge in [-0.05, 0) is 23.6 Å². The number of aromatic nitrogens is 1. The number of halogens is 2. The zero-order chi connectivity index (χ0) is 16.8. The van der Waals surface area contributed by atoms with Crippen molar-refractivity contribution in [2.75, 3.05) is 7.05 Å². The van der Waals surface area contributed by atoms with Crippen LogP contribution in [-0.2, 0) is 13.1 Å². The largest absolute Gasteiger partial charge is 0.352 e. The molecule has 23 heavy (non-hydrogen) atoms. The third-order valence-electron chi connectivity index (χ3n) is 3.24. The molecule has 0 atom stereocenters. The predicted octanol–water partition coefficient (Wildman–Crippen LogP) is 3.92. The Hall–Kier alpha value is -1.66. The van der Waals surface area contributed by atoms with Gasteiger partial charge in [-0.3, -0.25) is 4.99 Å². The summed E-state index contributed by atoms with van der Waals surface area (Å²) in [4.78, 5) is 8.73. The Morgan fingerprint density at radius 2 is 2.09 bits per heavy atom. The minimum atomic E-state index is -0.414. The van der Waals surface area contributed by atoms with Crippen LogP contribution in [0.4, 0.5) is 4.39 Å². The van der Waals surface area contributed by atoms with Crippen LogP contribution in [0, 0.1) is 5.82 Å². The fraction of sp³-hybridized carbons (Fsp3) is 0.375. The van der Waals surface area contributed by atoms with E-state index in [1.165, 1.54) is 6.07 Å². The molecule has 1 heterocycles. The fourth-order valence-electron chi connectivity index (χ4n) is 1.89. The minimum Gasteiger partial charge on any atom is -0.352 e. The molecule has 0 aliphatic rings. The van der Waals surface area contributed by atoms with Crippen molar-refractivity contribution >= 4 is 28.9 Å². The first kappa shape index (κ1) is 17.7. The number of hydrogen-bond donors (Lipinski definition) is 2. The van der Waals surface area contributed by atoms with Crippen molar-refractivity contribution in [2.24, 2.45) is 4.99 Å². The third kappa shape index (κ3) is 5.18. The zero-order valence-electron chi connectivity index (χ0n) is 13.4. The monoisotopic (exact) mass is 354 g/mol. The van der Waals surface area contributed by atoms with Gasteiger partial charge in [-0.15, -0.1) is 11.3 Å². The standard InChI is InChI=1S/C16H20ClFN4S/c1-10(2)14-9-23-15(22-14)8-21-16(19-3)20-7-11-4-5-13(18)12(17)6-11/h4-6,9-10H,7-8H2,1-3H3,(H2,19,20,21). The lowest BCUT2D eigenvalue weighted by Gasteiger charge is -2.11. The van der Waals surface area contributed by atoms with Crippen LogP contribution in [0.2, 0.25) is 5.02 Å². The van der Waals surface area contributed by atoms with E-state index in [1.807, 2.05) is 0 Å². The molecule has 7 heteroatoms. The Labute approximate surface area is 144 Å². The first-order valence-electron chi connectivity index (χ1n) is 7.32. The zero-order valence-corrected chi connectivity index (χ0v) is 14.9. The summed E-state index contributed by atoms with van der Waals surface area (Å²) in [6.45, 7) is 5.37. The second-order valence-electron chi connectivity index (χ2n) is 5.35. The van der Waals surface area contributed by atoms with Crippen molar-refractivity contribution in [1.82, 2.24) is 15.6 Å². The van der Waals surface area contributed by atoms with E-state index in [-0.39, 0.29) is 5.02 Å². The molecule has 0 bridgehead atoms. The summed E-state index contributed by atoms with van der Waals surface area (Å²) in [6, 6.07) is 4.66. The molecule has 2 N–H and O–H groups in total. The third-order valence-corrected chi connectivity index (χ3v) is 4.39. The van der Waals surface area contributed by atoms with Gasteiger partial charge in [0.25, 0.3) is 0 Å². The summed E-state index contributed by atoms with van der Waals surface area (Å²) < 4.78 is 13.1. The maximum atomic E-state index is 13.1. The van der Waals surface area contributed by atoms with Crippen LogP contribution in [0.1, 0.15) is 36.0 Å². The number of guanidine groups is 1. The van der Waals surface area contributed by atoms with Gasteiger partial charge in [0.05, 0.1) is 17.3 Å². The molecule has 1 aromatic carbocycles. The molecule has 0 fully saturated rings. The van der Waals surface area contributed by atoms with Crippen LogP contribution < -0.4 is 10.6 Å². The highest BCUT2D eigenvalue weighted by atomic mass is 35.5. The first-order valence-corrected chi connectivity index (χ1v) is 8.58. The van der Waals surface area contributed by atoms with Crippen molar-refractivity contribution in [1.29, 1.82) is 0 Å². The molecule has 0 amide bonds. The van der Waals surface area contributed by atoms with Gasteiger partial charge >= 0.3 is 0 Å². The van der Waals surface area contributed by atoms with E-state index in [4.69, 9.17) is 11.6 Å². The Kier molecular flexibility index (Phi) is 6.36. The molecule has 124 valence electrons. The summed E-state index contributed by atoms with van der Waals surface area (Å²) in [5.74, 6) is 0.676. The van der Waals surface area contributed by atoms with Crippen LogP contribution in [0.25, 0.3) is 0 Å². The highest BCUT2D eigenvalue weighted by Gasteiger charge is 2.07. The van der Waals surface area contributed by atoms with Gasteiger partial charge in [-0.2, -0.15) is 0 Å². The van der Waals surface area contributed by atoms with Gasteiger partial charge in [0.15, 0.2) is 5.96 Å². The number of benzene rings is 1. The van der Waals surface area contributed by atoms with Crippen molar-refractivity contribution in [3.05, 3.63) is 50.7 Å². The van der Waals surface area contributed by atoms with E-state index in [2.05, 4.69) is 39.8 Å². The van der Waals surface area contributed by atoms with Crippen LogP contribution in [-0.4, -0.2) is 18.0 Å². The Bertz CT molecular complexity index is 684. The van der Waals surface area contributed by atoms with Crippen molar-refractivity contribution in [2.45, 2.75) is 32.9 Å². The van der Waals surface area contributed by atoms with Crippen LogP contribution in [0.15, 0.2) is 28.6 Å².